The van der Waals surface area contributed by atoms with E-state index in [2.05, 4.69) is 50.9 Å². The lowest BCUT2D eigenvalue weighted by Crippen LogP contribution is -2.32. The summed E-state index contributed by atoms with van der Waals surface area (Å²) in [7, 11) is 1.38. The Morgan fingerprint density at radius 1 is 0.845 bits per heavy atom. The minimum absolute atomic E-state index is 0.0544. The number of nitrogens with two attached hydrogens (primary N) is 2. The van der Waals surface area contributed by atoms with Gasteiger partial charge in [-0.2, -0.15) is 9.97 Å². The Morgan fingerprint density at radius 2 is 1.45 bits per heavy atom. The summed E-state index contributed by atoms with van der Waals surface area (Å²) < 4.78 is 24.3. The number of nitro benzene ring substituents is 1. The standard InChI is InChI=1S/C20H22N8O3.C16H13N7O4/c1-20(2,3)31-19(29)23-10-12-6-7-22-13(9-12)11-28-17-16(26-27-28)15(24-18(21)25-17)14-5-4-8-30-14;1-26-12-7-9(4-5-10(12)23(24)25)8-22-15-14(20-21-22)13(18-16(17)19-15)11-3-2-6-27-11/h4-9H,10-11H2,1-3H3,(H,23,29)(H2,21,24,25);2-7H,8H2,1H3,(H2,17,18,19). The summed E-state index contributed by atoms with van der Waals surface area (Å²) in [6.45, 7) is 6.32. The average Bonchev–Trinajstić information content (AvgIpc) is 4.03. The number of nitrogens with zero attached hydrogens (tertiary/aromatic N) is 12. The molecule has 0 aliphatic rings. The van der Waals surface area contributed by atoms with E-state index in [0.717, 1.165) is 11.1 Å². The number of nitro groups is 1. The summed E-state index contributed by atoms with van der Waals surface area (Å²) in [6.07, 6.45) is 4.25. The van der Waals surface area contributed by atoms with E-state index in [0.29, 0.717) is 64.0 Å². The van der Waals surface area contributed by atoms with Crippen LogP contribution in [0.15, 0.2) is 82.2 Å². The number of methoxy groups -OCH3 is 1. The molecule has 0 aliphatic carbocycles. The molecular weight excluding hydrogens is 754 g/mol. The highest BCUT2D eigenvalue weighted by atomic mass is 16.6. The van der Waals surface area contributed by atoms with Crippen LogP contribution in [0.4, 0.5) is 22.4 Å². The molecule has 7 aromatic heterocycles. The van der Waals surface area contributed by atoms with Gasteiger partial charge in [0.1, 0.15) is 17.0 Å². The summed E-state index contributed by atoms with van der Waals surface area (Å²) in [5.41, 5.74) is 16.1. The van der Waals surface area contributed by atoms with E-state index >= 15 is 0 Å². The van der Waals surface area contributed by atoms with Gasteiger partial charge in [0.05, 0.1) is 43.3 Å². The molecule has 7 heterocycles. The number of aromatic nitrogens is 11. The number of amides is 1. The number of nitrogens with one attached hydrogen (secondary N) is 1. The van der Waals surface area contributed by atoms with E-state index in [9.17, 15) is 14.9 Å². The van der Waals surface area contributed by atoms with Crippen molar-refractivity contribution < 1.29 is 28.0 Å². The highest BCUT2D eigenvalue weighted by Crippen LogP contribution is 2.30. The molecule has 0 saturated heterocycles. The minimum Gasteiger partial charge on any atom is -0.490 e. The fraction of sp³-hybridized carbons (Fsp3) is 0.222. The van der Waals surface area contributed by atoms with Gasteiger partial charge in [0.25, 0.3) is 0 Å². The van der Waals surface area contributed by atoms with Crippen molar-refractivity contribution in [2.45, 2.75) is 46.0 Å². The third-order valence-electron chi connectivity index (χ3n) is 8.07. The highest BCUT2D eigenvalue weighted by molar-refractivity contribution is 5.86. The molecule has 22 nitrogen and oxygen atoms in total. The Kier molecular flexibility index (Phi) is 10.5. The number of pyridine rings is 1. The summed E-state index contributed by atoms with van der Waals surface area (Å²) in [4.78, 5) is 43.7. The molecule has 0 radical (unpaired) electrons. The van der Waals surface area contributed by atoms with Crippen molar-refractivity contribution in [2.75, 3.05) is 18.6 Å². The molecule has 22 heteroatoms. The molecule has 0 spiro atoms. The van der Waals surface area contributed by atoms with Crippen LogP contribution in [-0.4, -0.2) is 78.6 Å². The Hall–Kier alpha value is -8.04. The number of carbonyl (C=O) groups excluding carboxylic acids is 1. The zero-order valence-corrected chi connectivity index (χ0v) is 31.4. The van der Waals surface area contributed by atoms with Crippen LogP contribution in [0, 0.1) is 10.1 Å². The van der Waals surface area contributed by atoms with Crippen LogP contribution in [0.2, 0.25) is 0 Å². The molecule has 58 heavy (non-hydrogen) atoms. The van der Waals surface area contributed by atoms with Crippen molar-refractivity contribution in [3.05, 3.63) is 100 Å². The van der Waals surface area contributed by atoms with E-state index in [1.165, 1.54) is 24.1 Å². The molecule has 0 aliphatic heterocycles. The topological polar surface area (TPSA) is 295 Å². The van der Waals surface area contributed by atoms with Crippen molar-refractivity contribution in [3.63, 3.8) is 0 Å². The predicted octanol–water partition coefficient (Wildman–Crippen LogP) is 4.56. The molecule has 1 amide bonds. The number of alkyl carbamates (subject to hydrolysis) is 1. The molecule has 8 aromatic rings. The molecule has 5 N–H and O–H groups in total. The largest absolute Gasteiger partial charge is 0.490 e. The van der Waals surface area contributed by atoms with Gasteiger partial charge in [0, 0.05) is 18.8 Å². The van der Waals surface area contributed by atoms with Gasteiger partial charge in [-0.1, -0.05) is 16.5 Å². The lowest BCUT2D eigenvalue weighted by atomic mass is 10.2. The number of fused-ring (bicyclic) bond motifs is 2. The first-order valence-electron chi connectivity index (χ1n) is 17.4. The summed E-state index contributed by atoms with van der Waals surface area (Å²) >= 11 is 0. The first-order valence-corrected chi connectivity index (χ1v) is 17.4. The van der Waals surface area contributed by atoms with Crippen LogP contribution in [-0.2, 0) is 24.4 Å². The lowest BCUT2D eigenvalue weighted by molar-refractivity contribution is -0.385. The zero-order chi connectivity index (χ0) is 41.0. The van der Waals surface area contributed by atoms with Crippen molar-refractivity contribution in [1.82, 2.24) is 60.2 Å². The minimum atomic E-state index is -0.556. The van der Waals surface area contributed by atoms with Crippen molar-refractivity contribution in [1.29, 1.82) is 0 Å². The molecule has 8 rings (SSSR count). The Morgan fingerprint density at radius 3 is 1.98 bits per heavy atom. The third kappa shape index (κ3) is 8.59. The third-order valence-corrected chi connectivity index (χ3v) is 8.07. The smallest absolute Gasteiger partial charge is 0.407 e. The van der Waals surface area contributed by atoms with E-state index in [-0.39, 0.29) is 29.9 Å². The molecule has 0 bridgehead atoms. The van der Waals surface area contributed by atoms with Crippen LogP contribution < -0.4 is 21.5 Å². The van der Waals surface area contributed by atoms with Gasteiger partial charge in [-0.25, -0.2) is 24.1 Å². The van der Waals surface area contributed by atoms with Gasteiger partial charge in [-0.05, 0) is 74.4 Å². The Balaban J connectivity index is 0.000000178. The van der Waals surface area contributed by atoms with Gasteiger partial charge < -0.3 is 35.1 Å². The zero-order valence-electron chi connectivity index (χ0n) is 31.4. The van der Waals surface area contributed by atoms with E-state index in [4.69, 9.17) is 29.8 Å². The average molecular weight is 790 g/mol. The van der Waals surface area contributed by atoms with Gasteiger partial charge in [-0.15, -0.1) is 10.2 Å². The molecule has 0 saturated carbocycles. The van der Waals surface area contributed by atoms with Crippen LogP contribution in [0.25, 0.3) is 45.2 Å². The van der Waals surface area contributed by atoms with Crippen molar-refractivity contribution in [2.24, 2.45) is 0 Å². The second-order valence-corrected chi connectivity index (χ2v) is 13.4. The van der Waals surface area contributed by atoms with Crippen LogP contribution in [0.1, 0.15) is 37.6 Å². The van der Waals surface area contributed by atoms with Gasteiger partial charge in [0.15, 0.2) is 39.6 Å². The second-order valence-electron chi connectivity index (χ2n) is 13.4. The molecule has 0 unspecified atom stereocenters. The number of furan rings is 2. The quantitative estimate of drug-likeness (QED) is 0.126. The molecule has 0 atom stereocenters. The van der Waals surface area contributed by atoms with Gasteiger partial charge >= 0.3 is 11.8 Å². The van der Waals surface area contributed by atoms with Gasteiger partial charge in [-0.3, -0.25) is 15.1 Å². The second kappa shape index (κ2) is 16.0. The number of hydrogen-bond acceptors (Lipinski definition) is 18. The maximum atomic E-state index is 11.9. The van der Waals surface area contributed by atoms with Crippen LogP contribution in [0.3, 0.4) is 0 Å². The van der Waals surface area contributed by atoms with Gasteiger partial charge in [0.2, 0.25) is 11.9 Å². The van der Waals surface area contributed by atoms with E-state index in [1.54, 1.807) is 53.5 Å². The molecular formula is C36H35N15O7. The fourth-order valence-corrected chi connectivity index (χ4v) is 5.64. The number of carbonyl (C=O) groups is 1. The maximum Gasteiger partial charge on any atom is 0.407 e. The maximum absolute atomic E-state index is 11.9. The summed E-state index contributed by atoms with van der Waals surface area (Å²) in [6, 6.07) is 15.2. The predicted molar refractivity (Wildman–Crippen MR) is 206 cm³/mol. The molecule has 0 fully saturated rings. The van der Waals surface area contributed by atoms with E-state index < -0.39 is 16.6 Å². The molecule has 296 valence electrons. The van der Waals surface area contributed by atoms with Crippen molar-refractivity contribution >= 4 is 46.0 Å². The number of hydrogen-bond donors (Lipinski definition) is 3. The SMILES string of the molecule is CC(C)(C)OC(=O)NCc1ccnc(Cn2nnc3c(-c4ccco4)nc(N)nc32)c1.COc1cc(Cn2nnc3c(-c4ccco4)nc(N)nc32)ccc1[N+](=O)[O-]. The number of nitrogen functional groups attached to an aromatic ring is 2. The number of ether oxygens (including phenoxy) is 2. The van der Waals surface area contributed by atoms with E-state index in [1.807, 2.05) is 32.9 Å². The summed E-state index contributed by atoms with van der Waals surface area (Å²) in [5.74, 6) is 1.33. The van der Waals surface area contributed by atoms with Crippen LogP contribution >= 0.6 is 0 Å². The van der Waals surface area contributed by atoms with Crippen LogP contribution in [0.5, 0.6) is 5.75 Å². The normalized spacial score (nSPS) is 11.3. The first kappa shape index (κ1) is 38.2. The highest BCUT2D eigenvalue weighted by Gasteiger charge is 2.21. The Labute approximate surface area is 327 Å². The number of rotatable bonds is 10. The number of anilines is 2. The Bertz CT molecular complexity index is 2720. The molecule has 1 aromatic carbocycles. The fourth-order valence-electron chi connectivity index (χ4n) is 5.64. The monoisotopic (exact) mass is 789 g/mol. The lowest BCUT2D eigenvalue weighted by Gasteiger charge is -2.19. The number of benzene rings is 1. The van der Waals surface area contributed by atoms with Crippen molar-refractivity contribution in [3.8, 4) is 28.7 Å². The first-order chi connectivity index (χ1) is 27.8. The summed E-state index contributed by atoms with van der Waals surface area (Å²) in [5, 5.41) is 30.4.